The first kappa shape index (κ1) is 18.6. The molecule has 0 aromatic carbocycles. The van der Waals surface area contributed by atoms with E-state index in [1.165, 1.54) is 12.3 Å². The van der Waals surface area contributed by atoms with Crippen molar-refractivity contribution >= 4 is 21.8 Å². The summed E-state index contributed by atoms with van der Waals surface area (Å²) in [6.07, 6.45) is 0.428. The molecule has 1 fully saturated rings. The zero-order chi connectivity index (χ0) is 18.7. The number of carbonyl (C=O) groups excluding carboxylic acids is 1. The molecule has 0 spiro atoms. The molecule has 1 saturated heterocycles. The monoisotopic (exact) mass is 429 g/mol. The molecule has 0 saturated carbocycles. The number of amides is 1. The summed E-state index contributed by atoms with van der Waals surface area (Å²) in [7, 11) is 0. The summed E-state index contributed by atoms with van der Waals surface area (Å²) < 4.78 is 44.0. The van der Waals surface area contributed by atoms with Crippen LogP contribution in [0.5, 0.6) is 5.88 Å². The molecule has 2 aromatic heterocycles. The van der Waals surface area contributed by atoms with Gasteiger partial charge in [0.15, 0.2) is 0 Å². The average Bonchev–Trinajstić information content (AvgIpc) is 2.61. The molecule has 0 unspecified atom stereocenters. The van der Waals surface area contributed by atoms with Crippen molar-refractivity contribution in [2.45, 2.75) is 25.1 Å². The molecule has 0 aliphatic carbocycles. The number of hydrogen-bond donors (Lipinski definition) is 0. The van der Waals surface area contributed by atoms with Gasteiger partial charge in [-0.25, -0.2) is 4.98 Å². The lowest BCUT2D eigenvalue weighted by atomic mass is 10.1. The van der Waals surface area contributed by atoms with Gasteiger partial charge in [0.1, 0.15) is 6.10 Å². The topological polar surface area (TPSA) is 55.3 Å². The molecule has 1 aliphatic rings. The summed E-state index contributed by atoms with van der Waals surface area (Å²) >= 11 is 3.29. The van der Waals surface area contributed by atoms with Gasteiger partial charge in [-0.2, -0.15) is 13.2 Å². The van der Waals surface area contributed by atoms with Crippen LogP contribution in [0.4, 0.5) is 13.2 Å². The van der Waals surface area contributed by atoms with Gasteiger partial charge in [-0.1, -0.05) is 0 Å². The summed E-state index contributed by atoms with van der Waals surface area (Å²) in [4.78, 5) is 21.9. The molecule has 1 aliphatic heterocycles. The van der Waals surface area contributed by atoms with Crippen molar-refractivity contribution in [3.8, 4) is 5.88 Å². The highest BCUT2D eigenvalue weighted by atomic mass is 79.9. The lowest BCUT2D eigenvalue weighted by molar-refractivity contribution is -0.137. The predicted molar refractivity (Wildman–Crippen MR) is 90.7 cm³/mol. The summed E-state index contributed by atoms with van der Waals surface area (Å²) in [6.45, 7) is 0.993. The summed E-state index contributed by atoms with van der Waals surface area (Å²) in [6, 6.07) is 3.87. The number of ether oxygens (including phenoxy) is 1. The molecule has 26 heavy (non-hydrogen) atoms. The van der Waals surface area contributed by atoms with Gasteiger partial charge in [-0.15, -0.1) is 0 Å². The van der Waals surface area contributed by atoms with Crippen LogP contribution in [-0.4, -0.2) is 40.0 Å². The summed E-state index contributed by atoms with van der Waals surface area (Å²) in [5.74, 6) is 0.0453. The fourth-order valence-corrected chi connectivity index (χ4v) is 3.04. The Labute approximate surface area is 156 Å². The van der Waals surface area contributed by atoms with E-state index in [9.17, 15) is 18.0 Å². The van der Waals surface area contributed by atoms with Crippen molar-refractivity contribution in [1.82, 2.24) is 14.9 Å². The van der Waals surface area contributed by atoms with Crippen molar-refractivity contribution in [2.24, 2.45) is 0 Å². The Bertz CT molecular complexity index is 776. The van der Waals surface area contributed by atoms with Crippen LogP contribution in [0.1, 0.15) is 28.8 Å². The lowest BCUT2D eigenvalue weighted by Crippen LogP contribution is -2.41. The van der Waals surface area contributed by atoms with Gasteiger partial charge in [-0.05, 0) is 28.1 Å². The van der Waals surface area contributed by atoms with Crippen LogP contribution >= 0.6 is 15.9 Å². The number of rotatable bonds is 3. The zero-order valence-electron chi connectivity index (χ0n) is 13.5. The third kappa shape index (κ3) is 4.51. The Balaban J connectivity index is 1.54. The molecule has 1 amide bonds. The molecular weight excluding hydrogens is 415 g/mol. The Morgan fingerprint density at radius 1 is 1.19 bits per heavy atom. The van der Waals surface area contributed by atoms with Gasteiger partial charge in [0.25, 0.3) is 5.91 Å². The third-order valence-corrected chi connectivity index (χ3v) is 4.47. The van der Waals surface area contributed by atoms with E-state index in [1.54, 1.807) is 17.2 Å². The minimum absolute atomic E-state index is 0.107. The predicted octanol–water partition coefficient (Wildman–Crippen LogP) is 3.94. The van der Waals surface area contributed by atoms with Crippen LogP contribution in [0, 0.1) is 0 Å². The normalized spacial score (nSPS) is 15.8. The zero-order valence-corrected chi connectivity index (χ0v) is 15.1. The van der Waals surface area contributed by atoms with Crippen LogP contribution in [0.3, 0.4) is 0 Å². The second kappa shape index (κ2) is 7.61. The van der Waals surface area contributed by atoms with Gasteiger partial charge < -0.3 is 9.64 Å². The Kier molecular flexibility index (Phi) is 5.45. The van der Waals surface area contributed by atoms with E-state index in [2.05, 4.69) is 25.9 Å². The number of halogens is 4. The largest absolute Gasteiger partial charge is 0.474 e. The van der Waals surface area contributed by atoms with Gasteiger partial charge >= 0.3 is 6.18 Å². The number of hydrogen-bond acceptors (Lipinski definition) is 4. The highest BCUT2D eigenvalue weighted by molar-refractivity contribution is 9.10. The fraction of sp³-hybridized carbons (Fsp3) is 0.353. The van der Waals surface area contributed by atoms with E-state index in [1.807, 2.05) is 0 Å². The molecule has 3 heterocycles. The first-order valence-electron chi connectivity index (χ1n) is 7.92. The molecule has 5 nitrogen and oxygen atoms in total. The number of alkyl halides is 3. The quantitative estimate of drug-likeness (QED) is 0.741. The van der Waals surface area contributed by atoms with Crippen molar-refractivity contribution in [2.75, 3.05) is 13.1 Å². The van der Waals surface area contributed by atoms with Gasteiger partial charge in [0.2, 0.25) is 5.88 Å². The molecule has 138 valence electrons. The van der Waals surface area contributed by atoms with Crippen molar-refractivity contribution in [3.05, 3.63) is 52.4 Å². The van der Waals surface area contributed by atoms with E-state index >= 15 is 0 Å². The Morgan fingerprint density at radius 3 is 2.50 bits per heavy atom. The molecule has 0 N–H and O–H groups in total. The first-order valence-corrected chi connectivity index (χ1v) is 8.72. The van der Waals surface area contributed by atoms with E-state index in [0.717, 1.165) is 16.7 Å². The fourth-order valence-electron chi connectivity index (χ4n) is 2.68. The maximum atomic E-state index is 12.5. The van der Waals surface area contributed by atoms with Gasteiger partial charge in [0, 0.05) is 55.1 Å². The highest BCUT2D eigenvalue weighted by Gasteiger charge is 2.31. The van der Waals surface area contributed by atoms with E-state index in [4.69, 9.17) is 4.74 Å². The van der Waals surface area contributed by atoms with Crippen LogP contribution in [0.25, 0.3) is 0 Å². The van der Waals surface area contributed by atoms with Crippen LogP contribution < -0.4 is 4.74 Å². The maximum Gasteiger partial charge on any atom is 0.417 e. The SMILES string of the molecule is O=C(c1cncc(Br)c1)N1CCC(Oc2ccc(C(F)(F)F)cn2)CC1. The van der Waals surface area contributed by atoms with Crippen LogP contribution in [0.2, 0.25) is 0 Å². The summed E-state index contributed by atoms with van der Waals surface area (Å²) in [5, 5.41) is 0. The Morgan fingerprint density at radius 2 is 1.92 bits per heavy atom. The minimum atomic E-state index is -4.42. The van der Waals surface area contributed by atoms with Gasteiger partial charge in [-0.3, -0.25) is 9.78 Å². The minimum Gasteiger partial charge on any atom is -0.474 e. The second-order valence-corrected chi connectivity index (χ2v) is 6.80. The standard InChI is InChI=1S/C17H15BrF3N3O2/c18-13-7-11(8-22-10-13)16(25)24-5-3-14(4-6-24)26-15-2-1-12(9-23-15)17(19,20)21/h1-2,7-10,14H,3-6H2. The lowest BCUT2D eigenvalue weighted by Gasteiger charge is -2.32. The number of aromatic nitrogens is 2. The average molecular weight is 430 g/mol. The molecule has 0 bridgehead atoms. The molecule has 0 atom stereocenters. The van der Waals surface area contributed by atoms with Gasteiger partial charge in [0.05, 0.1) is 11.1 Å². The number of carbonyl (C=O) groups is 1. The third-order valence-electron chi connectivity index (χ3n) is 4.03. The first-order chi connectivity index (χ1) is 12.3. The number of likely N-dealkylation sites (tertiary alicyclic amines) is 1. The molecule has 2 aromatic rings. The maximum absolute atomic E-state index is 12.5. The molecule has 0 radical (unpaired) electrons. The number of piperidine rings is 1. The summed E-state index contributed by atoms with van der Waals surface area (Å²) in [5.41, 5.74) is -0.309. The van der Waals surface area contributed by atoms with Crippen LogP contribution in [-0.2, 0) is 6.18 Å². The molecular formula is C17H15BrF3N3O2. The second-order valence-electron chi connectivity index (χ2n) is 5.88. The molecule has 3 rings (SSSR count). The van der Waals surface area contributed by atoms with Crippen molar-refractivity contribution in [1.29, 1.82) is 0 Å². The van der Waals surface area contributed by atoms with E-state index in [-0.39, 0.29) is 17.9 Å². The van der Waals surface area contributed by atoms with E-state index in [0.29, 0.717) is 31.5 Å². The Hall–Kier alpha value is -2.16. The van der Waals surface area contributed by atoms with E-state index < -0.39 is 11.7 Å². The molecule has 9 heteroatoms. The van der Waals surface area contributed by atoms with Crippen molar-refractivity contribution < 1.29 is 22.7 Å². The van der Waals surface area contributed by atoms with Crippen LogP contribution in [0.15, 0.2) is 41.3 Å². The highest BCUT2D eigenvalue weighted by Crippen LogP contribution is 2.29. The van der Waals surface area contributed by atoms with Crippen molar-refractivity contribution in [3.63, 3.8) is 0 Å². The smallest absolute Gasteiger partial charge is 0.417 e. The number of nitrogens with zero attached hydrogens (tertiary/aromatic N) is 3. The number of pyridine rings is 2.